The van der Waals surface area contributed by atoms with Gasteiger partial charge >= 0.3 is 0 Å². The van der Waals surface area contributed by atoms with Crippen molar-refractivity contribution in [2.45, 2.75) is 19.9 Å². The summed E-state index contributed by atoms with van der Waals surface area (Å²) in [5, 5.41) is 44.8. The molecule has 0 aromatic carbocycles. The number of hydrogen-bond donors (Lipinski definition) is 3. The molecule has 3 aromatic rings. The van der Waals surface area contributed by atoms with Gasteiger partial charge in [0.05, 0.1) is 6.61 Å². The monoisotopic (exact) mass is 414 g/mol. The van der Waals surface area contributed by atoms with Gasteiger partial charge in [-0.1, -0.05) is 6.92 Å². The smallest absolute Gasteiger partial charge is 0.292 e. The average Bonchev–Trinajstić information content (AvgIpc) is 3.32. The molecule has 3 rings (SSSR count). The van der Waals surface area contributed by atoms with E-state index in [1.165, 1.54) is 4.68 Å². The number of azide groups is 2. The molecule has 0 fully saturated rings. The summed E-state index contributed by atoms with van der Waals surface area (Å²) in [4.78, 5) is 13.3. The zero-order valence-electron chi connectivity index (χ0n) is 15.4. The van der Waals surface area contributed by atoms with Crippen LogP contribution in [0, 0.1) is 0 Å². The van der Waals surface area contributed by atoms with Crippen molar-refractivity contribution < 1.29 is 5.11 Å². The van der Waals surface area contributed by atoms with Crippen molar-refractivity contribution in [1.82, 2.24) is 49.9 Å². The van der Waals surface area contributed by atoms with Crippen molar-refractivity contribution in [3.63, 3.8) is 0 Å². The topological polar surface area (TPSA) is 255 Å². The van der Waals surface area contributed by atoms with Crippen LogP contribution in [-0.4, -0.2) is 68.2 Å². The van der Waals surface area contributed by atoms with Gasteiger partial charge in [-0.2, -0.15) is 14.6 Å². The van der Waals surface area contributed by atoms with Crippen LogP contribution in [0.2, 0.25) is 0 Å². The summed E-state index contributed by atoms with van der Waals surface area (Å²) in [6, 6.07) is 0. The largest absolute Gasteiger partial charge is 0.395 e. The maximum Gasteiger partial charge on any atom is 0.292 e. The quantitative estimate of drug-likeness (QED) is 0.238. The van der Waals surface area contributed by atoms with E-state index in [-0.39, 0.29) is 48.8 Å². The lowest BCUT2D eigenvalue weighted by Crippen LogP contribution is -2.15. The van der Waals surface area contributed by atoms with Crippen LogP contribution in [0.1, 0.15) is 13.3 Å². The van der Waals surface area contributed by atoms with Gasteiger partial charge in [0.2, 0.25) is 23.8 Å². The van der Waals surface area contributed by atoms with Crippen LogP contribution in [-0.2, 0) is 6.54 Å². The van der Waals surface area contributed by atoms with Gasteiger partial charge in [-0.25, -0.2) is 4.68 Å². The summed E-state index contributed by atoms with van der Waals surface area (Å²) >= 11 is 0. The van der Waals surface area contributed by atoms with Gasteiger partial charge < -0.3 is 10.4 Å². The van der Waals surface area contributed by atoms with Crippen molar-refractivity contribution in [3.8, 4) is 5.95 Å². The van der Waals surface area contributed by atoms with E-state index in [1.54, 1.807) is 0 Å². The molecule has 3 aromatic heterocycles. The first kappa shape index (κ1) is 20.1. The number of rotatable bonds is 10. The zero-order chi connectivity index (χ0) is 21.3. The minimum Gasteiger partial charge on any atom is -0.395 e. The SMILES string of the molecule is CCCn1nc(N=[N+]=[N-])nc1Nc1nnc(-n2nc(N=[N+]=[N-])nc2NCCO)nn1. The number of anilines is 3. The third-order valence-corrected chi connectivity index (χ3v) is 3.24. The predicted molar refractivity (Wildman–Crippen MR) is 99.3 cm³/mol. The molecular formula is C11H14N18O. The van der Waals surface area contributed by atoms with E-state index >= 15 is 0 Å². The lowest BCUT2D eigenvalue weighted by molar-refractivity contribution is 0.310. The fourth-order valence-corrected chi connectivity index (χ4v) is 2.14. The van der Waals surface area contributed by atoms with E-state index in [9.17, 15) is 0 Å². The molecule has 0 unspecified atom stereocenters. The highest BCUT2D eigenvalue weighted by atomic mass is 16.3. The lowest BCUT2D eigenvalue weighted by Gasteiger charge is -2.06. The van der Waals surface area contributed by atoms with Crippen LogP contribution in [0.5, 0.6) is 0 Å². The summed E-state index contributed by atoms with van der Waals surface area (Å²) in [6.07, 6.45) is 0.757. The Bertz CT molecular complexity index is 1090. The van der Waals surface area contributed by atoms with E-state index in [0.717, 1.165) is 11.1 Å². The van der Waals surface area contributed by atoms with Crippen molar-refractivity contribution in [3.05, 3.63) is 20.9 Å². The van der Waals surface area contributed by atoms with Gasteiger partial charge in [0.15, 0.2) is 0 Å². The molecule has 19 heteroatoms. The van der Waals surface area contributed by atoms with Crippen molar-refractivity contribution in [2.75, 3.05) is 23.8 Å². The Hall–Kier alpha value is -4.60. The maximum atomic E-state index is 8.97. The van der Waals surface area contributed by atoms with E-state index in [2.05, 4.69) is 71.2 Å². The Balaban J connectivity index is 1.85. The van der Waals surface area contributed by atoms with E-state index in [1.807, 2.05) is 6.92 Å². The first-order chi connectivity index (χ1) is 14.7. The second-order valence-corrected chi connectivity index (χ2v) is 5.28. The van der Waals surface area contributed by atoms with Gasteiger partial charge in [0.25, 0.3) is 11.9 Å². The molecule has 0 aliphatic heterocycles. The van der Waals surface area contributed by atoms with Crippen molar-refractivity contribution in [2.24, 2.45) is 10.2 Å². The van der Waals surface area contributed by atoms with Gasteiger partial charge in [-0.15, -0.1) is 30.6 Å². The van der Waals surface area contributed by atoms with Gasteiger partial charge in [-0.05, 0) is 27.7 Å². The third kappa shape index (κ3) is 4.62. The van der Waals surface area contributed by atoms with Crippen LogP contribution in [0.4, 0.5) is 29.7 Å². The van der Waals surface area contributed by atoms with E-state index < -0.39 is 0 Å². The molecule has 0 aliphatic carbocycles. The maximum absolute atomic E-state index is 8.97. The lowest BCUT2D eigenvalue weighted by atomic mass is 10.5. The summed E-state index contributed by atoms with van der Waals surface area (Å²) in [5.41, 5.74) is 17.1. The minimum absolute atomic E-state index is 0.00348. The number of aryl methyl sites for hydroxylation is 1. The highest BCUT2D eigenvalue weighted by Crippen LogP contribution is 2.17. The van der Waals surface area contributed by atoms with Crippen LogP contribution >= 0.6 is 0 Å². The number of aliphatic hydroxyl groups is 1. The number of hydrogen-bond acceptors (Lipinski definition) is 13. The zero-order valence-corrected chi connectivity index (χ0v) is 15.4. The number of nitrogens with one attached hydrogen (secondary N) is 2. The highest BCUT2D eigenvalue weighted by molar-refractivity contribution is 5.44. The molecule has 3 N–H and O–H groups in total. The second kappa shape index (κ2) is 9.55. The molecule has 0 aliphatic rings. The van der Waals surface area contributed by atoms with Gasteiger partial charge in [0.1, 0.15) is 0 Å². The van der Waals surface area contributed by atoms with Gasteiger partial charge in [0, 0.05) is 22.9 Å². The summed E-state index contributed by atoms with van der Waals surface area (Å²) in [7, 11) is 0. The van der Waals surface area contributed by atoms with Crippen LogP contribution in [0.3, 0.4) is 0 Å². The molecule has 0 spiro atoms. The molecule has 0 saturated carbocycles. The average molecular weight is 414 g/mol. The van der Waals surface area contributed by atoms with Crippen LogP contribution in [0.25, 0.3) is 26.8 Å². The molecule has 3 heterocycles. The number of aliphatic hydroxyl groups excluding tert-OH is 1. The van der Waals surface area contributed by atoms with Crippen molar-refractivity contribution >= 4 is 29.7 Å². The van der Waals surface area contributed by atoms with Crippen LogP contribution in [0.15, 0.2) is 10.2 Å². The fourth-order valence-electron chi connectivity index (χ4n) is 2.14. The first-order valence-corrected chi connectivity index (χ1v) is 8.40. The van der Waals surface area contributed by atoms with E-state index in [4.69, 9.17) is 16.2 Å². The summed E-state index contributed by atoms with van der Waals surface area (Å²) in [6.45, 7) is 2.45. The minimum atomic E-state index is -0.179. The molecule has 0 bridgehead atoms. The van der Waals surface area contributed by atoms with Gasteiger partial charge in [-0.3, -0.25) is 5.32 Å². The summed E-state index contributed by atoms with van der Waals surface area (Å²) in [5.74, 6) is 0.0550. The Kier molecular flexibility index (Phi) is 6.41. The third-order valence-electron chi connectivity index (χ3n) is 3.24. The van der Waals surface area contributed by atoms with Crippen molar-refractivity contribution in [1.29, 1.82) is 0 Å². The Labute approximate surface area is 166 Å². The first-order valence-electron chi connectivity index (χ1n) is 8.40. The fraction of sp³-hybridized carbons (Fsp3) is 0.455. The molecular weight excluding hydrogens is 400 g/mol. The predicted octanol–water partition coefficient (Wildman–Crippen LogP) is 0.880. The standard InChI is InChI=1S/C11H14N18O/c1-2-4-28-10(17-7(24-28)20-26-12)15-6-18-22-11(23-19-6)29-9(14-3-5-30)16-8(25-29)21-27-13/h30H,2-5H2,1H3,(H,14,16,25)(H,15,17,18,19,24). The Morgan fingerprint density at radius 1 is 1.00 bits per heavy atom. The van der Waals surface area contributed by atoms with E-state index in [0.29, 0.717) is 6.54 Å². The molecule has 0 amide bonds. The Morgan fingerprint density at radius 2 is 1.67 bits per heavy atom. The molecule has 30 heavy (non-hydrogen) atoms. The highest BCUT2D eigenvalue weighted by Gasteiger charge is 2.15. The van der Waals surface area contributed by atoms with Crippen LogP contribution < -0.4 is 10.6 Å². The molecule has 154 valence electrons. The molecule has 19 nitrogen and oxygen atoms in total. The second-order valence-electron chi connectivity index (χ2n) is 5.28. The summed E-state index contributed by atoms with van der Waals surface area (Å²) < 4.78 is 2.60. The Morgan fingerprint density at radius 3 is 2.30 bits per heavy atom. The number of nitrogens with zero attached hydrogens (tertiary/aromatic N) is 16. The molecule has 0 saturated heterocycles. The molecule has 0 atom stereocenters. The molecule has 0 radical (unpaired) electrons. The number of aromatic nitrogens is 10. The normalized spacial score (nSPS) is 10.2.